The monoisotopic (exact) mass is 530 g/mol. The molecule has 1 aromatic rings. The van der Waals surface area contributed by atoms with Gasteiger partial charge in [0.15, 0.2) is 6.29 Å². The van der Waals surface area contributed by atoms with E-state index in [9.17, 15) is 14.4 Å². The van der Waals surface area contributed by atoms with E-state index in [2.05, 4.69) is 31.7 Å². The molecular weight excluding hydrogens is 492 g/mol. The number of carbonyl (C=O) groups excluding carboxylic acids is 3. The van der Waals surface area contributed by atoms with Crippen molar-refractivity contribution in [1.82, 2.24) is 26.7 Å². The first-order valence-electron chi connectivity index (χ1n) is 12.8. The number of esters is 1. The van der Waals surface area contributed by atoms with E-state index in [0.717, 1.165) is 30.8 Å². The lowest BCUT2D eigenvalue weighted by atomic mass is 10.1. The van der Waals surface area contributed by atoms with Crippen LogP contribution in [-0.2, 0) is 30.5 Å². The number of nitrogens with zero attached hydrogens (tertiary/aromatic N) is 1. The van der Waals surface area contributed by atoms with E-state index >= 15 is 0 Å². The molecule has 2 heterocycles. The minimum atomic E-state index is -1.11. The molecule has 0 aliphatic carbocycles. The Kier molecular flexibility index (Phi) is 11.1. The summed E-state index contributed by atoms with van der Waals surface area (Å²) in [4.78, 5) is 47.2. The summed E-state index contributed by atoms with van der Waals surface area (Å²) in [5, 5.41) is 11.6. The first-order valence-corrected chi connectivity index (χ1v) is 12.8. The van der Waals surface area contributed by atoms with Gasteiger partial charge in [0, 0.05) is 44.4 Å². The van der Waals surface area contributed by atoms with Gasteiger partial charge in [-0.3, -0.25) is 30.7 Å². The van der Waals surface area contributed by atoms with Gasteiger partial charge in [0.05, 0.1) is 0 Å². The highest BCUT2D eigenvalue weighted by molar-refractivity contribution is 5.83. The van der Waals surface area contributed by atoms with E-state index < -0.39 is 23.7 Å². The highest BCUT2D eigenvalue weighted by atomic mass is 16.7. The van der Waals surface area contributed by atoms with E-state index in [4.69, 9.17) is 14.3 Å². The summed E-state index contributed by atoms with van der Waals surface area (Å²) in [6.45, 7) is 6.56. The SMILES string of the molecule is CC(C)(C)OC(=O)[C@H](CNC(=O)CC[C@H]1C=C(CCN[C@H]2N=CCN2)NO1)NC(=O)OCc1ccccc1. The summed E-state index contributed by atoms with van der Waals surface area (Å²) in [6.07, 6.45) is 4.06. The predicted octanol–water partition coefficient (Wildman–Crippen LogP) is 1.24. The van der Waals surface area contributed by atoms with Gasteiger partial charge < -0.3 is 20.1 Å². The summed E-state index contributed by atoms with van der Waals surface area (Å²) in [5.41, 5.74) is 3.88. The molecule has 2 aliphatic heterocycles. The molecule has 1 aromatic carbocycles. The highest BCUT2D eigenvalue weighted by Crippen LogP contribution is 2.14. The molecule has 0 unspecified atom stereocenters. The maximum absolute atomic E-state index is 12.7. The summed E-state index contributed by atoms with van der Waals surface area (Å²) in [6, 6.07) is 8.06. The molecule has 0 fully saturated rings. The van der Waals surface area contributed by atoms with Gasteiger partial charge in [-0.2, -0.15) is 0 Å². The first kappa shape index (κ1) is 29.1. The number of amides is 2. The van der Waals surface area contributed by atoms with Crippen molar-refractivity contribution in [2.75, 3.05) is 19.6 Å². The van der Waals surface area contributed by atoms with Crippen molar-refractivity contribution >= 4 is 24.2 Å². The van der Waals surface area contributed by atoms with E-state index in [-0.39, 0.29) is 37.9 Å². The molecule has 12 nitrogen and oxygen atoms in total. The Morgan fingerprint density at radius 3 is 2.71 bits per heavy atom. The molecule has 0 aromatic heterocycles. The van der Waals surface area contributed by atoms with Crippen LogP contribution in [0.5, 0.6) is 0 Å². The average molecular weight is 531 g/mol. The number of benzene rings is 1. The molecule has 0 saturated heterocycles. The average Bonchev–Trinajstić information content (AvgIpc) is 3.56. The van der Waals surface area contributed by atoms with Crippen molar-refractivity contribution in [1.29, 1.82) is 0 Å². The van der Waals surface area contributed by atoms with Crippen molar-refractivity contribution in [2.24, 2.45) is 4.99 Å². The molecule has 0 bridgehead atoms. The van der Waals surface area contributed by atoms with Gasteiger partial charge >= 0.3 is 12.1 Å². The van der Waals surface area contributed by atoms with E-state index in [0.29, 0.717) is 6.42 Å². The van der Waals surface area contributed by atoms with Crippen molar-refractivity contribution in [3.8, 4) is 0 Å². The third-order valence-electron chi connectivity index (χ3n) is 5.47. The van der Waals surface area contributed by atoms with Crippen LogP contribution in [0.3, 0.4) is 0 Å². The van der Waals surface area contributed by atoms with Crippen molar-refractivity contribution < 1.29 is 28.7 Å². The fourth-order valence-corrected chi connectivity index (χ4v) is 3.61. The van der Waals surface area contributed by atoms with Gasteiger partial charge in [0.25, 0.3) is 0 Å². The third-order valence-corrected chi connectivity index (χ3v) is 5.47. The minimum Gasteiger partial charge on any atom is -0.458 e. The Labute approximate surface area is 222 Å². The Morgan fingerprint density at radius 1 is 1.21 bits per heavy atom. The Balaban J connectivity index is 1.40. The highest BCUT2D eigenvalue weighted by Gasteiger charge is 2.28. The normalized spacial score (nSPS) is 19.3. The lowest BCUT2D eigenvalue weighted by Crippen LogP contribution is -2.50. The standard InChI is InChI=1S/C26H38N6O6/c1-26(2,3)37-23(34)21(31-25(35)36-17-18-7-5-4-6-8-18)16-30-22(33)10-9-20-15-19(32-38-20)11-12-27-24-28-13-14-29-24/h4-8,13,15,20-21,24,27,29,32H,9-12,14,16-17H2,1-3H3,(H,30,33)(H,31,35)/t20-,21-,24-/m0/s1. The fourth-order valence-electron chi connectivity index (χ4n) is 3.61. The van der Waals surface area contributed by atoms with Crippen LogP contribution in [0.2, 0.25) is 0 Å². The van der Waals surface area contributed by atoms with Crippen molar-refractivity contribution in [3.63, 3.8) is 0 Å². The van der Waals surface area contributed by atoms with Crippen LogP contribution < -0.4 is 26.7 Å². The second-order valence-corrected chi connectivity index (χ2v) is 9.93. The lowest BCUT2D eigenvalue weighted by Gasteiger charge is -2.24. The topological polar surface area (TPSA) is 151 Å². The Bertz CT molecular complexity index is 994. The third kappa shape index (κ3) is 10.9. The summed E-state index contributed by atoms with van der Waals surface area (Å²) >= 11 is 0. The summed E-state index contributed by atoms with van der Waals surface area (Å²) in [7, 11) is 0. The van der Waals surface area contributed by atoms with Crippen LogP contribution in [0.1, 0.15) is 45.6 Å². The lowest BCUT2D eigenvalue weighted by molar-refractivity contribution is -0.157. The van der Waals surface area contributed by atoms with Crippen LogP contribution in [0, 0.1) is 0 Å². The number of hydrogen-bond donors (Lipinski definition) is 5. The molecule has 2 amide bonds. The number of rotatable bonds is 13. The van der Waals surface area contributed by atoms with Gasteiger partial charge in [0.1, 0.15) is 24.4 Å². The zero-order valence-corrected chi connectivity index (χ0v) is 22.1. The van der Waals surface area contributed by atoms with Crippen LogP contribution in [-0.4, -0.2) is 67.9 Å². The molecule has 0 radical (unpaired) electrons. The molecule has 0 spiro atoms. The molecule has 3 atom stereocenters. The number of alkyl carbamates (subject to hydrolysis) is 1. The number of nitrogens with one attached hydrogen (secondary N) is 5. The second-order valence-electron chi connectivity index (χ2n) is 9.93. The van der Waals surface area contributed by atoms with Gasteiger partial charge in [0.2, 0.25) is 5.91 Å². The molecule has 208 valence electrons. The van der Waals surface area contributed by atoms with Crippen LogP contribution >= 0.6 is 0 Å². The van der Waals surface area contributed by atoms with E-state index in [1.807, 2.05) is 42.6 Å². The van der Waals surface area contributed by atoms with E-state index in [1.165, 1.54) is 0 Å². The Hall–Kier alpha value is -3.48. The van der Waals surface area contributed by atoms with Gasteiger partial charge in [-0.25, -0.2) is 9.59 Å². The molecule has 0 saturated carbocycles. The predicted molar refractivity (Wildman–Crippen MR) is 141 cm³/mol. The zero-order chi connectivity index (χ0) is 27.4. The number of ether oxygens (including phenoxy) is 2. The molecule has 3 rings (SSSR count). The van der Waals surface area contributed by atoms with Gasteiger partial charge in [-0.15, -0.1) is 0 Å². The van der Waals surface area contributed by atoms with Gasteiger partial charge in [-0.05, 0) is 38.8 Å². The van der Waals surface area contributed by atoms with Crippen LogP contribution in [0.4, 0.5) is 4.79 Å². The van der Waals surface area contributed by atoms with E-state index in [1.54, 1.807) is 20.8 Å². The van der Waals surface area contributed by atoms with Crippen molar-refractivity contribution in [3.05, 3.63) is 47.7 Å². The number of carbonyl (C=O) groups is 3. The maximum atomic E-state index is 12.7. The van der Waals surface area contributed by atoms with Gasteiger partial charge in [-0.1, -0.05) is 30.3 Å². The van der Waals surface area contributed by atoms with Crippen LogP contribution in [0.25, 0.3) is 0 Å². The molecular formula is C26H38N6O6. The fraction of sp³-hybridized carbons (Fsp3) is 0.538. The number of hydrogen-bond acceptors (Lipinski definition) is 10. The summed E-state index contributed by atoms with van der Waals surface area (Å²) in [5.74, 6) is -0.951. The Morgan fingerprint density at radius 2 is 2.00 bits per heavy atom. The second kappa shape index (κ2) is 14.5. The quantitative estimate of drug-likeness (QED) is 0.237. The zero-order valence-electron chi connectivity index (χ0n) is 22.1. The number of hydroxylamine groups is 1. The number of aliphatic imine (C=N–C) groups is 1. The summed E-state index contributed by atoms with van der Waals surface area (Å²) < 4.78 is 10.6. The largest absolute Gasteiger partial charge is 0.458 e. The van der Waals surface area contributed by atoms with Crippen molar-refractivity contribution in [2.45, 2.75) is 70.7 Å². The maximum Gasteiger partial charge on any atom is 0.408 e. The molecule has 5 N–H and O–H groups in total. The molecule has 2 aliphatic rings. The first-order chi connectivity index (χ1) is 18.2. The smallest absolute Gasteiger partial charge is 0.408 e. The van der Waals surface area contributed by atoms with Crippen LogP contribution in [0.15, 0.2) is 47.1 Å². The molecule has 38 heavy (non-hydrogen) atoms. The minimum absolute atomic E-state index is 0.0481. The molecule has 12 heteroatoms.